The van der Waals surface area contributed by atoms with Gasteiger partial charge in [-0.25, -0.2) is 5.84 Å². The maximum absolute atomic E-state index is 10.8. The summed E-state index contributed by atoms with van der Waals surface area (Å²) >= 11 is 7.30. The summed E-state index contributed by atoms with van der Waals surface area (Å²) in [7, 11) is 0. The molecule has 0 atom stereocenters. The Labute approximate surface area is 97.3 Å². The minimum absolute atomic E-state index is 0.192. The molecule has 5 N–H and O–H groups in total. The fourth-order valence-corrected chi connectivity index (χ4v) is 2.15. The smallest absolute Gasteiger partial charge is 0.234 e. The minimum Gasteiger partial charge on any atom is -0.398 e. The lowest BCUT2D eigenvalue weighted by atomic mass is 10.3. The maximum Gasteiger partial charge on any atom is 0.234 e. The zero-order valence-electron chi connectivity index (χ0n) is 8.00. The van der Waals surface area contributed by atoms with Crippen LogP contribution in [0, 0.1) is 0 Å². The van der Waals surface area contributed by atoms with Crippen LogP contribution in [0.25, 0.3) is 0 Å². The summed E-state index contributed by atoms with van der Waals surface area (Å²) in [6.07, 6.45) is 0.354. The van der Waals surface area contributed by atoms with Gasteiger partial charge in [-0.3, -0.25) is 10.2 Å². The summed E-state index contributed by atoms with van der Waals surface area (Å²) in [5.41, 5.74) is 8.47. The second-order valence-electron chi connectivity index (χ2n) is 2.85. The van der Waals surface area contributed by atoms with Gasteiger partial charge in [0.05, 0.1) is 0 Å². The molecule has 0 saturated heterocycles. The first-order chi connectivity index (χ1) is 7.13. The molecule has 4 nitrogen and oxygen atoms in total. The zero-order chi connectivity index (χ0) is 11.3. The molecule has 0 saturated carbocycles. The summed E-state index contributed by atoms with van der Waals surface area (Å²) in [6, 6.07) is 5.25. The molecule has 1 aromatic rings. The quantitative estimate of drug-likeness (QED) is 0.246. The molecule has 0 heterocycles. The van der Waals surface area contributed by atoms with Gasteiger partial charge in [-0.05, 0) is 18.2 Å². The van der Waals surface area contributed by atoms with Crippen molar-refractivity contribution in [1.29, 1.82) is 0 Å². The molecule has 0 aliphatic heterocycles. The Balaban J connectivity index is 2.50. The molecule has 0 spiro atoms. The van der Waals surface area contributed by atoms with E-state index < -0.39 is 0 Å². The van der Waals surface area contributed by atoms with Crippen molar-refractivity contribution in [2.75, 3.05) is 11.5 Å². The summed E-state index contributed by atoms with van der Waals surface area (Å²) in [6.45, 7) is 0. The predicted molar refractivity (Wildman–Crippen MR) is 63.5 cm³/mol. The molecule has 6 heteroatoms. The molecule has 1 aromatic carbocycles. The first-order valence-electron chi connectivity index (χ1n) is 4.30. The lowest BCUT2D eigenvalue weighted by Crippen LogP contribution is -2.30. The predicted octanol–water partition coefficient (Wildman–Crippen LogP) is 1.39. The van der Waals surface area contributed by atoms with E-state index in [0.717, 1.165) is 4.90 Å². The monoisotopic (exact) mass is 245 g/mol. The molecular formula is C9H12ClN3OS. The molecule has 0 bridgehead atoms. The Hall–Kier alpha value is -0.910. The van der Waals surface area contributed by atoms with E-state index in [1.807, 2.05) is 0 Å². The number of carbonyl (C=O) groups is 1. The lowest BCUT2D eigenvalue weighted by molar-refractivity contribution is -0.120. The van der Waals surface area contributed by atoms with Crippen molar-refractivity contribution < 1.29 is 4.79 Å². The van der Waals surface area contributed by atoms with Gasteiger partial charge in [0.1, 0.15) is 0 Å². The molecule has 0 aromatic heterocycles. The van der Waals surface area contributed by atoms with Crippen molar-refractivity contribution in [3.8, 4) is 0 Å². The van der Waals surface area contributed by atoms with Gasteiger partial charge in [0.25, 0.3) is 0 Å². The molecule has 0 aliphatic carbocycles. The highest BCUT2D eigenvalue weighted by molar-refractivity contribution is 7.99. The number of nitrogens with two attached hydrogens (primary N) is 2. The van der Waals surface area contributed by atoms with Crippen LogP contribution in [0.5, 0.6) is 0 Å². The Bertz CT molecular complexity index is 359. The van der Waals surface area contributed by atoms with E-state index >= 15 is 0 Å². The van der Waals surface area contributed by atoms with Crippen LogP contribution in [0.1, 0.15) is 6.42 Å². The second kappa shape index (κ2) is 5.85. The van der Waals surface area contributed by atoms with E-state index in [9.17, 15) is 4.79 Å². The number of thioether (sulfide) groups is 1. The van der Waals surface area contributed by atoms with Crippen molar-refractivity contribution in [1.82, 2.24) is 5.43 Å². The summed E-state index contributed by atoms with van der Waals surface area (Å²) < 4.78 is 0. The second-order valence-corrected chi connectivity index (χ2v) is 4.42. The molecule has 0 radical (unpaired) electrons. The topological polar surface area (TPSA) is 81.1 Å². The van der Waals surface area contributed by atoms with Gasteiger partial charge in [0.15, 0.2) is 0 Å². The van der Waals surface area contributed by atoms with Crippen molar-refractivity contribution >= 4 is 35.0 Å². The van der Waals surface area contributed by atoms with E-state index in [4.69, 9.17) is 23.2 Å². The largest absolute Gasteiger partial charge is 0.398 e. The highest BCUT2D eigenvalue weighted by Gasteiger charge is 2.03. The first-order valence-corrected chi connectivity index (χ1v) is 5.67. The zero-order valence-corrected chi connectivity index (χ0v) is 9.57. The maximum atomic E-state index is 10.8. The number of hydrogen-bond acceptors (Lipinski definition) is 4. The van der Waals surface area contributed by atoms with Crippen LogP contribution in [0.2, 0.25) is 5.02 Å². The number of anilines is 1. The van der Waals surface area contributed by atoms with E-state index in [2.05, 4.69) is 5.43 Å². The third-order valence-electron chi connectivity index (χ3n) is 1.72. The normalized spacial score (nSPS) is 10.0. The van der Waals surface area contributed by atoms with E-state index in [1.54, 1.807) is 18.2 Å². The third kappa shape index (κ3) is 3.99. The highest BCUT2D eigenvalue weighted by atomic mass is 35.5. The lowest BCUT2D eigenvalue weighted by Gasteiger charge is -2.05. The van der Waals surface area contributed by atoms with Crippen LogP contribution >= 0.6 is 23.4 Å². The van der Waals surface area contributed by atoms with Crippen molar-refractivity contribution in [3.63, 3.8) is 0 Å². The number of halogens is 1. The molecule has 1 rings (SSSR count). The molecule has 0 aliphatic rings. The van der Waals surface area contributed by atoms with Gasteiger partial charge >= 0.3 is 0 Å². The molecule has 0 unspecified atom stereocenters. The number of hydrogen-bond donors (Lipinski definition) is 3. The fraction of sp³-hybridized carbons (Fsp3) is 0.222. The van der Waals surface area contributed by atoms with Crippen LogP contribution in [0.3, 0.4) is 0 Å². The number of amides is 1. The summed E-state index contributed by atoms with van der Waals surface area (Å²) in [5, 5.41) is 0.634. The van der Waals surface area contributed by atoms with Gasteiger partial charge < -0.3 is 5.73 Å². The van der Waals surface area contributed by atoms with E-state index in [1.165, 1.54) is 11.8 Å². The summed E-state index contributed by atoms with van der Waals surface area (Å²) in [4.78, 5) is 11.7. The molecule has 15 heavy (non-hydrogen) atoms. The number of carbonyl (C=O) groups excluding carboxylic acids is 1. The van der Waals surface area contributed by atoms with Gasteiger partial charge in [0.2, 0.25) is 5.91 Å². The van der Waals surface area contributed by atoms with E-state index in [-0.39, 0.29) is 5.91 Å². The Morgan fingerprint density at radius 3 is 2.93 bits per heavy atom. The molecule has 1 amide bonds. The van der Waals surface area contributed by atoms with Crippen molar-refractivity contribution in [2.24, 2.45) is 5.84 Å². The third-order valence-corrected chi connectivity index (χ3v) is 3.03. The SMILES string of the molecule is NNC(=O)CCSc1cc(Cl)ccc1N. The highest BCUT2D eigenvalue weighted by Crippen LogP contribution is 2.28. The van der Waals surface area contributed by atoms with Crippen LogP contribution in [0.15, 0.2) is 23.1 Å². The van der Waals surface area contributed by atoms with Gasteiger partial charge in [-0.2, -0.15) is 0 Å². The number of rotatable bonds is 4. The number of hydrazine groups is 1. The van der Waals surface area contributed by atoms with Crippen LogP contribution < -0.4 is 17.0 Å². The van der Waals surface area contributed by atoms with Crippen LogP contribution in [0.4, 0.5) is 5.69 Å². The average molecular weight is 246 g/mol. The standard InChI is InChI=1S/C9H12ClN3OS/c10-6-1-2-7(11)8(5-6)15-4-3-9(14)13-12/h1-2,5H,3-4,11-12H2,(H,13,14). The minimum atomic E-state index is -0.192. The Morgan fingerprint density at radius 1 is 1.53 bits per heavy atom. The van der Waals surface area contributed by atoms with Gasteiger partial charge in [0, 0.05) is 27.8 Å². The van der Waals surface area contributed by atoms with Crippen molar-refractivity contribution in [3.05, 3.63) is 23.2 Å². The van der Waals surface area contributed by atoms with Gasteiger partial charge in [-0.1, -0.05) is 11.6 Å². The Kier molecular flexibility index (Phi) is 4.74. The van der Waals surface area contributed by atoms with Gasteiger partial charge in [-0.15, -0.1) is 11.8 Å². The Morgan fingerprint density at radius 2 is 2.27 bits per heavy atom. The number of nitrogen functional groups attached to an aromatic ring is 1. The number of benzene rings is 1. The van der Waals surface area contributed by atoms with Crippen molar-refractivity contribution in [2.45, 2.75) is 11.3 Å². The average Bonchev–Trinajstić information content (AvgIpc) is 2.23. The number of nitrogens with one attached hydrogen (secondary N) is 1. The fourth-order valence-electron chi connectivity index (χ4n) is 0.959. The summed E-state index contributed by atoms with van der Waals surface area (Å²) in [5.74, 6) is 5.38. The first kappa shape index (κ1) is 12.2. The molecule has 0 fully saturated rings. The molecule has 82 valence electrons. The van der Waals surface area contributed by atoms with Crippen LogP contribution in [-0.2, 0) is 4.79 Å². The van der Waals surface area contributed by atoms with Crippen LogP contribution in [-0.4, -0.2) is 11.7 Å². The molecular weight excluding hydrogens is 234 g/mol. The van der Waals surface area contributed by atoms with E-state index in [0.29, 0.717) is 22.9 Å².